The number of esters is 1. The van der Waals surface area contributed by atoms with E-state index in [2.05, 4.69) is 0 Å². The van der Waals surface area contributed by atoms with Gasteiger partial charge in [0.2, 0.25) is 0 Å². The van der Waals surface area contributed by atoms with Crippen LogP contribution in [0.5, 0.6) is 5.75 Å². The number of alkyl halides is 1. The summed E-state index contributed by atoms with van der Waals surface area (Å²) < 4.78 is 58.3. The fraction of sp³-hybridized carbons (Fsp3) is 0.500. The van der Waals surface area contributed by atoms with E-state index in [1.54, 1.807) is 13.8 Å². The zero-order valence-corrected chi connectivity index (χ0v) is 21.3. The molecule has 37 heavy (non-hydrogen) atoms. The predicted molar refractivity (Wildman–Crippen MR) is 124 cm³/mol. The van der Waals surface area contributed by atoms with Crippen molar-refractivity contribution in [3.8, 4) is 5.75 Å². The van der Waals surface area contributed by atoms with Gasteiger partial charge < -0.3 is 19.4 Å². The monoisotopic (exact) mass is 546 g/mol. The Hall–Kier alpha value is -3.03. The Bertz CT molecular complexity index is 1230. The number of aliphatic hydroxyl groups is 1. The standard InChI is InChI=1S/C22H26F2N3O9P/c1-12(2)34-19(30)13(3)27(36-15-7-5-14(23)6-8-15)37(32)33-11-16-18(29)22(4,24)20(35-16)26-10-9-17(28)25-21(26)31/h5-10,12-13,16,18,20,29H,11H2,1-4H3/p+1/t13?,16-,18-,20-,22-/m1/s1. The second kappa shape index (κ2) is 11.6. The molecule has 3 rings (SSSR count). The van der Waals surface area contributed by atoms with Gasteiger partial charge in [-0.1, -0.05) is 0 Å². The van der Waals surface area contributed by atoms with Gasteiger partial charge in [-0.05, 0) is 56.5 Å². The minimum absolute atomic E-state index is 0.0311. The summed E-state index contributed by atoms with van der Waals surface area (Å²) in [5, 5.41) is 10.5. The molecule has 2 aromatic rings. The van der Waals surface area contributed by atoms with Gasteiger partial charge in [0.1, 0.15) is 29.5 Å². The molecule has 1 aliphatic rings. The number of hydrogen-bond acceptors (Lipinski definition) is 9. The number of ether oxygens (including phenoxy) is 2. The Morgan fingerprint density at radius 2 is 1.92 bits per heavy atom. The third-order valence-electron chi connectivity index (χ3n) is 5.37. The fourth-order valence-corrected chi connectivity index (χ4v) is 4.36. The minimum atomic E-state index is -2.98. The van der Waals surface area contributed by atoms with E-state index in [9.17, 15) is 28.4 Å². The number of benzene rings is 1. The first-order valence-corrected chi connectivity index (χ1v) is 12.3. The molecule has 1 aromatic heterocycles. The van der Waals surface area contributed by atoms with Crippen LogP contribution in [0.1, 0.15) is 33.9 Å². The summed E-state index contributed by atoms with van der Waals surface area (Å²) in [5.74, 6) is -1.32. The largest absolute Gasteiger partial charge is 0.653 e. The van der Waals surface area contributed by atoms with E-state index in [1.807, 2.05) is 4.98 Å². The topological polar surface area (TPSA) is 149 Å². The lowest BCUT2D eigenvalue weighted by molar-refractivity contribution is -0.159. The second-order valence-corrected chi connectivity index (χ2v) is 9.81. The molecular weight excluding hydrogens is 519 g/mol. The molecular formula is C22H27F2N3O9P+. The number of aromatic amines is 1. The molecule has 1 saturated heterocycles. The summed E-state index contributed by atoms with van der Waals surface area (Å²) in [5.41, 5.74) is -4.17. The Kier molecular flexibility index (Phi) is 8.92. The van der Waals surface area contributed by atoms with E-state index in [-0.39, 0.29) is 5.75 Å². The minimum Gasteiger partial charge on any atom is -0.462 e. The van der Waals surface area contributed by atoms with Gasteiger partial charge in [0.25, 0.3) is 5.56 Å². The lowest BCUT2D eigenvalue weighted by Gasteiger charge is -2.24. The molecule has 0 spiro atoms. The van der Waals surface area contributed by atoms with E-state index in [0.29, 0.717) is 4.83 Å². The number of aliphatic hydroxyl groups excluding tert-OH is 1. The number of hydroxylamine groups is 1. The van der Waals surface area contributed by atoms with Crippen molar-refractivity contribution < 1.29 is 42.1 Å². The second-order valence-electron chi connectivity index (χ2n) is 8.68. The quantitative estimate of drug-likeness (QED) is 0.257. The van der Waals surface area contributed by atoms with Gasteiger partial charge in [-0.3, -0.25) is 19.1 Å². The molecule has 12 nitrogen and oxygen atoms in total. The summed E-state index contributed by atoms with van der Waals surface area (Å²) in [7, 11) is -2.98. The lowest BCUT2D eigenvalue weighted by atomic mass is 9.98. The maximum absolute atomic E-state index is 15.4. The van der Waals surface area contributed by atoms with Crippen molar-refractivity contribution in [1.29, 1.82) is 0 Å². The van der Waals surface area contributed by atoms with Gasteiger partial charge in [-0.2, -0.15) is 0 Å². The van der Waals surface area contributed by atoms with E-state index in [1.165, 1.54) is 19.1 Å². The zero-order valence-electron chi connectivity index (χ0n) is 20.4. The van der Waals surface area contributed by atoms with E-state index in [0.717, 1.165) is 35.9 Å². The number of aromatic nitrogens is 2. The molecule has 0 aliphatic carbocycles. The van der Waals surface area contributed by atoms with Crippen molar-refractivity contribution >= 4 is 14.1 Å². The number of carbonyl (C=O) groups is 1. The molecule has 0 amide bonds. The highest BCUT2D eigenvalue weighted by atomic mass is 31.1. The third-order valence-corrected chi connectivity index (χ3v) is 6.49. The number of nitrogens with zero attached hydrogens (tertiary/aromatic N) is 2. The third kappa shape index (κ3) is 6.65. The predicted octanol–water partition coefficient (Wildman–Crippen LogP) is 1.97. The molecule has 2 N–H and O–H groups in total. The van der Waals surface area contributed by atoms with Gasteiger partial charge in [0.15, 0.2) is 23.7 Å². The van der Waals surface area contributed by atoms with Crippen LogP contribution in [0.25, 0.3) is 0 Å². The molecule has 1 aliphatic heterocycles. The van der Waals surface area contributed by atoms with Crippen molar-refractivity contribution in [2.24, 2.45) is 0 Å². The summed E-state index contributed by atoms with van der Waals surface area (Å²) in [6.07, 6.45) is -4.33. The van der Waals surface area contributed by atoms with E-state index in [4.69, 9.17) is 18.8 Å². The van der Waals surface area contributed by atoms with Crippen LogP contribution in [-0.2, 0) is 23.4 Å². The summed E-state index contributed by atoms with van der Waals surface area (Å²) in [6.45, 7) is 4.92. The fourth-order valence-electron chi connectivity index (χ4n) is 3.43. The van der Waals surface area contributed by atoms with Gasteiger partial charge >= 0.3 is 19.8 Å². The van der Waals surface area contributed by atoms with Crippen LogP contribution in [0.4, 0.5) is 8.78 Å². The van der Waals surface area contributed by atoms with Crippen molar-refractivity contribution in [3.05, 3.63) is 63.2 Å². The molecule has 2 unspecified atom stereocenters. The zero-order chi connectivity index (χ0) is 27.5. The van der Waals surface area contributed by atoms with Crippen molar-refractivity contribution in [3.63, 3.8) is 0 Å². The van der Waals surface area contributed by atoms with Gasteiger partial charge in [-0.15, -0.1) is 4.52 Å². The molecule has 0 bridgehead atoms. The highest BCUT2D eigenvalue weighted by molar-refractivity contribution is 7.36. The van der Waals surface area contributed by atoms with E-state index >= 15 is 4.39 Å². The van der Waals surface area contributed by atoms with Gasteiger partial charge in [0.05, 0.1) is 6.10 Å². The SMILES string of the molecule is CC(C)OC(=O)C(C)N(Oc1ccc(F)cc1)[P+](=O)OC[C@H]1O[C@@H](n2ccc(=O)[nH]c2=O)[C@](C)(F)[C@@H]1O. The van der Waals surface area contributed by atoms with Gasteiger partial charge in [0, 0.05) is 12.3 Å². The number of nitrogens with one attached hydrogen (secondary N) is 1. The maximum atomic E-state index is 15.4. The van der Waals surface area contributed by atoms with Gasteiger partial charge in [-0.25, -0.2) is 13.6 Å². The number of halogens is 2. The first-order chi connectivity index (χ1) is 17.3. The molecule has 0 radical (unpaired) electrons. The highest BCUT2D eigenvalue weighted by Gasteiger charge is 2.56. The molecule has 202 valence electrons. The molecule has 6 atom stereocenters. The molecule has 1 fully saturated rings. The average Bonchev–Trinajstić information content (AvgIpc) is 3.04. The Balaban J connectivity index is 1.76. The Labute approximate surface area is 210 Å². The number of H-pyrrole nitrogens is 1. The van der Waals surface area contributed by atoms with Crippen molar-refractivity contribution in [1.82, 2.24) is 14.4 Å². The summed E-state index contributed by atoms with van der Waals surface area (Å²) in [4.78, 5) is 44.0. The maximum Gasteiger partial charge on any atom is 0.653 e. The average molecular weight is 546 g/mol. The summed E-state index contributed by atoms with van der Waals surface area (Å²) >= 11 is 0. The van der Waals surface area contributed by atoms with Crippen LogP contribution in [0.2, 0.25) is 0 Å². The van der Waals surface area contributed by atoms with Crippen molar-refractivity contribution in [2.75, 3.05) is 6.61 Å². The number of carbonyl (C=O) groups excluding carboxylic acids is 1. The highest BCUT2D eigenvalue weighted by Crippen LogP contribution is 2.42. The lowest BCUT2D eigenvalue weighted by Crippen LogP contribution is -2.43. The molecule has 2 heterocycles. The first kappa shape index (κ1) is 28.5. The van der Waals surface area contributed by atoms with Crippen LogP contribution in [0.3, 0.4) is 0 Å². The van der Waals surface area contributed by atoms with Crippen LogP contribution in [0, 0.1) is 5.82 Å². The Morgan fingerprint density at radius 3 is 2.51 bits per heavy atom. The van der Waals surface area contributed by atoms with Crippen LogP contribution < -0.4 is 16.1 Å². The molecule has 1 aromatic carbocycles. The number of rotatable bonds is 10. The van der Waals surface area contributed by atoms with Crippen LogP contribution in [-0.4, -0.2) is 62.1 Å². The Morgan fingerprint density at radius 1 is 1.27 bits per heavy atom. The summed E-state index contributed by atoms with van der Waals surface area (Å²) in [6, 6.07) is 4.36. The van der Waals surface area contributed by atoms with Crippen LogP contribution >= 0.6 is 8.18 Å². The number of hydrogen-bond donors (Lipinski definition) is 2. The smallest absolute Gasteiger partial charge is 0.462 e. The molecule has 15 heteroatoms. The van der Waals surface area contributed by atoms with E-state index < -0.39 is 74.1 Å². The van der Waals surface area contributed by atoms with Crippen LogP contribution in [0.15, 0.2) is 46.1 Å². The first-order valence-electron chi connectivity index (χ1n) is 11.2. The normalized spacial score (nSPS) is 24.8. The molecule has 0 saturated carbocycles. The van der Waals surface area contributed by atoms with Crippen molar-refractivity contribution in [2.45, 2.75) is 63.9 Å².